The molecule has 0 aromatic heterocycles. The first-order valence-corrected chi connectivity index (χ1v) is 7.59. The number of aliphatic hydroxyl groups is 2. The van der Waals surface area contributed by atoms with Gasteiger partial charge in [-0.3, -0.25) is 0 Å². The molecule has 23 heavy (non-hydrogen) atoms. The van der Waals surface area contributed by atoms with E-state index >= 15 is 0 Å². The Morgan fingerprint density at radius 1 is 0.783 bits per heavy atom. The minimum absolute atomic E-state index is 0.574. The summed E-state index contributed by atoms with van der Waals surface area (Å²) in [6.07, 6.45) is -1.38. The highest BCUT2D eigenvalue weighted by atomic mass is 19.1. The summed E-state index contributed by atoms with van der Waals surface area (Å²) in [6.45, 7) is 0. The van der Waals surface area contributed by atoms with E-state index < -0.39 is 18.0 Å². The smallest absolute Gasteiger partial charge is 0.135 e. The second kappa shape index (κ2) is 4.28. The molecule has 0 bridgehead atoms. The van der Waals surface area contributed by atoms with Gasteiger partial charge in [-0.1, -0.05) is 42.5 Å². The summed E-state index contributed by atoms with van der Waals surface area (Å²) < 4.78 is 14.0. The predicted octanol–water partition coefficient (Wildman–Crippen LogP) is 4.30. The molecule has 0 amide bonds. The van der Waals surface area contributed by atoms with Crippen LogP contribution in [0.5, 0.6) is 0 Å². The van der Waals surface area contributed by atoms with Crippen LogP contribution >= 0.6 is 0 Å². The molecule has 0 aliphatic heterocycles. The van der Waals surface area contributed by atoms with Crippen LogP contribution in [0.4, 0.5) is 4.39 Å². The van der Waals surface area contributed by atoms with Crippen molar-refractivity contribution in [2.24, 2.45) is 0 Å². The number of hydrogen-bond donors (Lipinski definition) is 2. The van der Waals surface area contributed by atoms with Crippen molar-refractivity contribution in [1.82, 2.24) is 0 Å². The van der Waals surface area contributed by atoms with Gasteiger partial charge in [-0.2, -0.15) is 0 Å². The predicted molar refractivity (Wildman–Crippen MR) is 90.2 cm³/mol. The van der Waals surface area contributed by atoms with Crippen molar-refractivity contribution in [2.75, 3.05) is 0 Å². The number of benzene rings is 4. The van der Waals surface area contributed by atoms with Gasteiger partial charge in [-0.25, -0.2) is 4.39 Å². The van der Waals surface area contributed by atoms with Crippen LogP contribution in [0.15, 0.2) is 54.4 Å². The monoisotopic (exact) mass is 304 g/mol. The summed E-state index contributed by atoms with van der Waals surface area (Å²) in [4.78, 5) is 0. The Kier molecular flexibility index (Phi) is 2.42. The topological polar surface area (TPSA) is 40.5 Å². The first-order chi connectivity index (χ1) is 11.1. The lowest BCUT2D eigenvalue weighted by Gasteiger charge is -2.26. The van der Waals surface area contributed by atoms with Gasteiger partial charge in [0.15, 0.2) is 0 Å². The molecule has 2 nitrogen and oxygen atoms in total. The molecular weight excluding hydrogens is 291 g/mol. The molecule has 0 saturated carbocycles. The highest BCUT2D eigenvalue weighted by molar-refractivity contribution is 6.24. The molecule has 2 unspecified atom stereocenters. The standard InChI is InChI=1S/C20H13FO2/c21-16-9-14-13-7-6-11-3-1-2-10-4-5-12(18(13)17(10)11)8-15(14)19(22)20(16)23/h1-9,19-20,22-23H. The Hall–Kier alpha value is -2.49. The zero-order valence-corrected chi connectivity index (χ0v) is 12.1. The summed E-state index contributed by atoms with van der Waals surface area (Å²) in [5.41, 5.74) is 1.23. The van der Waals surface area contributed by atoms with Gasteiger partial charge in [0.25, 0.3) is 0 Å². The molecule has 1 aliphatic rings. The molecule has 112 valence electrons. The molecule has 2 atom stereocenters. The molecule has 0 heterocycles. The summed E-state index contributed by atoms with van der Waals surface area (Å²) in [6, 6.07) is 16.1. The van der Waals surface area contributed by atoms with Crippen molar-refractivity contribution < 1.29 is 14.6 Å². The van der Waals surface area contributed by atoms with Gasteiger partial charge in [0.2, 0.25) is 0 Å². The fourth-order valence-corrected chi connectivity index (χ4v) is 3.80. The van der Waals surface area contributed by atoms with Crippen molar-refractivity contribution in [3.8, 4) is 0 Å². The van der Waals surface area contributed by atoms with Crippen LogP contribution in [-0.2, 0) is 0 Å². The second-order valence-electron chi connectivity index (χ2n) is 6.15. The molecule has 5 rings (SSSR count). The van der Waals surface area contributed by atoms with Gasteiger partial charge in [0.05, 0.1) is 0 Å². The third-order valence-corrected chi connectivity index (χ3v) is 4.90. The van der Waals surface area contributed by atoms with E-state index in [4.69, 9.17) is 0 Å². The Morgan fingerprint density at radius 2 is 1.48 bits per heavy atom. The number of rotatable bonds is 0. The largest absolute Gasteiger partial charge is 0.385 e. The normalized spacial score (nSPS) is 21.1. The first-order valence-electron chi connectivity index (χ1n) is 7.59. The zero-order valence-electron chi connectivity index (χ0n) is 12.1. The van der Waals surface area contributed by atoms with Gasteiger partial charge in [-0.05, 0) is 55.6 Å². The minimum atomic E-state index is -1.49. The highest BCUT2D eigenvalue weighted by Gasteiger charge is 2.30. The summed E-state index contributed by atoms with van der Waals surface area (Å²) in [5.74, 6) is -0.694. The van der Waals surface area contributed by atoms with Crippen LogP contribution in [0.2, 0.25) is 0 Å². The van der Waals surface area contributed by atoms with E-state index in [1.54, 1.807) is 0 Å². The highest BCUT2D eigenvalue weighted by Crippen LogP contribution is 2.42. The van der Waals surface area contributed by atoms with E-state index in [1.807, 2.05) is 30.3 Å². The van der Waals surface area contributed by atoms with E-state index in [2.05, 4.69) is 18.2 Å². The molecule has 1 aliphatic carbocycles. The van der Waals surface area contributed by atoms with Gasteiger partial charge >= 0.3 is 0 Å². The summed E-state index contributed by atoms with van der Waals surface area (Å²) in [7, 11) is 0. The number of halogens is 1. The molecule has 0 saturated heterocycles. The van der Waals surface area contributed by atoms with Crippen molar-refractivity contribution in [3.63, 3.8) is 0 Å². The lowest BCUT2D eigenvalue weighted by atomic mass is 9.84. The summed E-state index contributed by atoms with van der Waals surface area (Å²) >= 11 is 0. The van der Waals surface area contributed by atoms with Crippen LogP contribution in [0, 0.1) is 0 Å². The van der Waals surface area contributed by atoms with Crippen LogP contribution in [0.3, 0.4) is 0 Å². The van der Waals surface area contributed by atoms with Crippen LogP contribution in [0.1, 0.15) is 17.2 Å². The van der Waals surface area contributed by atoms with E-state index in [1.165, 1.54) is 6.08 Å². The van der Waals surface area contributed by atoms with Gasteiger partial charge in [0, 0.05) is 0 Å². The Morgan fingerprint density at radius 3 is 2.26 bits per heavy atom. The first kappa shape index (κ1) is 13.0. The van der Waals surface area contributed by atoms with E-state index in [0.29, 0.717) is 11.1 Å². The SMILES string of the molecule is OC1C(F)=Cc2c(cc3ccc4cccc5ccc2c3c45)C1O. The molecule has 2 N–H and O–H groups in total. The maximum Gasteiger partial charge on any atom is 0.135 e. The van der Waals surface area contributed by atoms with Gasteiger partial charge in [0.1, 0.15) is 18.0 Å². The Labute approximate surface area is 131 Å². The van der Waals surface area contributed by atoms with Crippen LogP contribution in [-0.4, -0.2) is 16.3 Å². The maximum absolute atomic E-state index is 14.0. The van der Waals surface area contributed by atoms with Gasteiger partial charge in [-0.15, -0.1) is 0 Å². The molecule has 0 spiro atoms. The lowest BCUT2D eigenvalue weighted by molar-refractivity contribution is 0.0272. The molecular formula is C20H13FO2. The van der Waals surface area contributed by atoms with E-state index in [-0.39, 0.29) is 0 Å². The number of hydrogen-bond acceptors (Lipinski definition) is 2. The van der Waals surface area contributed by atoms with Crippen molar-refractivity contribution in [1.29, 1.82) is 0 Å². The molecule has 3 heteroatoms. The third kappa shape index (κ3) is 1.58. The second-order valence-corrected chi connectivity index (χ2v) is 6.15. The average Bonchev–Trinajstić information content (AvgIpc) is 2.58. The molecule has 4 aromatic rings. The number of fused-ring (bicyclic) bond motifs is 2. The minimum Gasteiger partial charge on any atom is -0.385 e. The number of aliphatic hydroxyl groups excluding tert-OH is 2. The van der Waals surface area contributed by atoms with E-state index in [9.17, 15) is 14.6 Å². The maximum atomic E-state index is 14.0. The molecule has 4 aromatic carbocycles. The Bertz CT molecular complexity index is 1100. The summed E-state index contributed by atoms with van der Waals surface area (Å²) in [5, 5.41) is 26.5. The fourth-order valence-electron chi connectivity index (χ4n) is 3.80. The lowest BCUT2D eigenvalue weighted by Crippen LogP contribution is -2.23. The quantitative estimate of drug-likeness (QED) is 0.475. The van der Waals surface area contributed by atoms with Crippen LogP contribution < -0.4 is 0 Å². The zero-order chi connectivity index (χ0) is 15.7. The Balaban J connectivity index is 2.04. The molecule has 0 radical (unpaired) electrons. The van der Waals surface area contributed by atoms with Crippen molar-refractivity contribution in [2.45, 2.75) is 12.2 Å². The third-order valence-electron chi connectivity index (χ3n) is 4.90. The van der Waals surface area contributed by atoms with Crippen LogP contribution in [0.25, 0.3) is 38.4 Å². The van der Waals surface area contributed by atoms with Crippen molar-refractivity contribution in [3.05, 3.63) is 65.5 Å². The van der Waals surface area contributed by atoms with Gasteiger partial charge < -0.3 is 10.2 Å². The van der Waals surface area contributed by atoms with E-state index in [0.717, 1.165) is 32.3 Å². The average molecular weight is 304 g/mol. The van der Waals surface area contributed by atoms with Crippen molar-refractivity contribution >= 4 is 38.4 Å². The fraction of sp³-hybridized carbons (Fsp3) is 0.100. The molecule has 0 fully saturated rings.